The highest BCUT2D eigenvalue weighted by molar-refractivity contribution is 6.01. The number of nitrogens with one attached hydrogen (secondary N) is 3. The molecule has 0 bridgehead atoms. The highest BCUT2D eigenvalue weighted by Gasteiger charge is 2.30. The van der Waals surface area contributed by atoms with Gasteiger partial charge in [0.25, 0.3) is 0 Å². The Bertz CT molecular complexity index is 517. The van der Waals surface area contributed by atoms with Gasteiger partial charge in [-0.15, -0.1) is 12.4 Å². The minimum absolute atomic E-state index is 0. The van der Waals surface area contributed by atoms with Crippen molar-refractivity contribution < 1.29 is 9.59 Å². The lowest BCUT2D eigenvalue weighted by atomic mass is 9.89. The van der Waals surface area contributed by atoms with Crippen LogP contribution in [0, 0.1) is 5.92 Å². The Kier molecular flexibility index (Phi) is 4.62. The monoisotopic (exact) mass is 295 g/mol. The molecule has 6 heteroatoms. The van der Waals surface area contributed by atoms with Crippen LogP contribution in [0.2, 0.25) is 0 Å². The smallest absolute Gasteiger partial charge is 0.228 e. The molecular formula is C14H18ClN3O2. The van der Waals surface area contributed by atoms with Crippen LogP contribution in [0.4, 0.5) is 5.69 Å². The summed E-state index contributed by atoms with van der Waals surface area (Å²) < 4.78 is 0. The summed E-state index contributed by atoms with van der Waals surface area (Å²) in [6.07, 6.45) is 0.228. The van der Waals surface area contributed by atoms with Gasteiger partial charge in [0.15, 0.2) is 0 Å². The normalized spacial score (nSPS) is 21.0. The van der Waals surface area contributed by atoms with Crippen LogP contribution < -0.4 is 16.0 Å². The fourth-order valence-electron chi connectivity index (χ4n) is 2.51. The predicted octanol–water partition coefficient (Wildman–Crippen LogP) is 0.870. The molecule has 20 heavy (non-hydrogen) atoms. The lowest BCUT2D eigenvalue weighted by Crippen LogP contribution is -2.49. The Hall–Kier alpha value is -1.59. The molecule has 2 amide bonds. The van der Waals surface area contributed by atoms with Crippen molar-refractivity contribution in [2.45, 2.75) is 12.3 Å². The standard InChI is InChI=1S/C14H17N3O2.ClH/c18-13-5-11(10-3-1-2-4-12(10)17-13)14(19)16-8-9-6-15-7-9;/h1-4,9,11,15H,5-8H2,(H,16,19)(H,17,18);1H. The molecule has 2 aliphatic heterocycles. The van der Waals surface area contributed by atoms with E-state index in [0.29, 0.717) is 12.5 Å². The molecule has 1 fully saturated rings. The molecule has 3 N–H and O–H groups in total. The molecule has 2 heterocycles. The number of benzene rings is 1. The number of hydrogen-bond donors (Lipinski definition) is 3. The fraction of sp³-hybridized carbons (Fsp3) is 0.429. The van der Waals surface area contributed by atoms with Crippen molar-refractivity contribution in [3.8, 4) is 0 Å². The Morgan fingerprint density at radius 3 is 2.75 bits per heavy atom. The molecule has 1 atom stereocenters. The van der Waals surface area contributed by atoms with E-state index in [1.54, 1.807) is 0 Å². The number of carbonyl (C=O) groups is 2. The number of carbonyl (C=O) groups excluding carboxylic acids is 2. The summed E-state index contributed by atoms with van der Waals surface area (Å²) in [4.78, 5) is 23.9. The summed E-state index contributed by atoms with van der Waals surface area (Å²) in [6.45, 7) is 2.61. The van der Waals surface area contributed by atoms with Gasteiger partial charge >= 0.3 is 0 Å². The average molecular weight is 296 g/mol. The van der Waals surface area contributed by atoms with Crippen molar-refractivity contribution in [2.75, 3.05) is 25.0 Å². The molecule has 5 nitrogen and oxygen atoms in total. The zero-order chi connectivity index (χ0) is 13.2. The second-order valence-electron chi connectivity index (χ2n) is 5.16. The Balaban J connectivity index is 0.00000147. The molecule has 0 aliphatic carbocycles. The van der Waals surface area contributed by atoms with E-state index in [1.807, 2.05) is 24.3 Å². The van der Waals surface area contributed by atoms with Crippen LogP contribution in [-0.2, 0) is 9.59 Å². The van der Waals surface area contributed by atoms with Gasteiger partial charge in [0.1, 0.15) is 0 Å². The lowest BCUT2D eigenvalue weighted by molar-refractivity contribution is -0.126. The fourth-order valence-corrected chi connectivity index (χ4v) is 2.51. The lowest BCUT2D eigenvalue weighted by Gasteiger charge is -2.29. The molecule has 1 saturated heterocycles. The van der Waals surface area contributed by atoms with Crippen molar-refractivity contribution in [1.82, 2.24) is 10.6 Å². The van der Waals surface area contributed by atoms with Gasteiger partial charge in [-0.25, -0.2) is 0 Å². The van der Waals surface area contributed by atoms with E-state index in [1.165, 1.54) is 0 Å². The van der Waals surface area contributed by atoms with Crippen LogP contribution in [0.1, 0.15) is 17.9 Å². The third-order valence-corrected chi connectivity index (χ3v) is 3.75. The summed E-state index contributed by atoms with van der Waals surface area (Å²) in [7, 11) is 0. The minimum Gasteiger partial charge on any atom is -0.355 e. The van der Waals surface area contributed by atoms with Crippen molar-refractivity contribution in [2.24, 2.45) is 5.92 Å². The number of anilines is 1. The summed E-state index contributed by atoms with van der Waals surface area (Å²) in [5.41, 5.74) is 1.66. The minimum atomic E-state index is -0.363. The summed E-state index contributed by atoms with van der Waals surface area (Å²) in [6, 6.07) is 7.50. The Labute approximate surface area is 123 Å². The van der Waals surface area contributed by atoms with Gasteiger partial charge in [-0.3, -0.25) is 9.59 Å². The largest absolute Gasteiger partial charge is 0.355 e. The summed E-state index contributed by atoms with van der Waals surface area (Å²) >= 11 is 0. The van der Waals surface area contributed by atoms with Crippen LogP contribution in [0.3, 0.4) is 0 Å². The number of amides is 2. The second-order valence-corrected chi connectivity index (χ2v) is 5.16. The van der Waals surface area contributed by atoms with Crippen molar-refractivity contribution in [1.29, 1.82) is 0 Å². The van der Waals surface area contributed by atoms with Crippen molar-refractivity contribution >= 4 is 29.9 Å². The van der Waals surface area contributed by atoms with Gasteiger partial charge in [-0.1, -0.05) is 18.2 Å². The SMILES string of the molecule is Cl.O=C1CC(C(=O)NCC2CNC2)c2ccccc2N1. The number of halogens is 1. The molecule has 0 aromatic heterocycles. The molecule has 1 aromatic carbocycles. The maximum absolute atomic E-state index is 12.2. The first-order valence-corrected chi connectivity index (χ1v) is 6.61. The van der Waals surface area contributed by atoms with E-state index < -0.39 is 0 Å². The maximum atomic E-state index is 12.2. The summed E-state index contributed by atoms with van der Waals surface area (Å²) in [5, 5.41) is 8.93. The number of hydrogen-bond acceptors (Lipinski definition) is 3. The van der Waals surface area contributed by atoms with E-state index in [9.17, 15) is 9.59 Å². The van der Waals surface area contributed by atoms with E-state index in [2.05, 4.69) is 16.0 Å². The zero-order valence-electron chi connectivity index (χ0n) is 11.0. The van der Waals surface area contributed by atoms with E-state index >= 15 is 0 Å². The van der Waals surface area contributed by atoms with E-state index in [0.717, 1.165) is 24.3 Å². The van der Waals surface area contributed by atoms with Gasteiger partial charge in [-0.05, 0) is 11.6 Å². The van der Waals surface area contributed by atoms with Crippen LogP contribution in [0.5, 0.6) is 0 Å². The molecule has 0 radical (unpaired) electrons. The van der Waals surface area contributed by atoms with Gasteiger partial charge in [0, 0.05) is 37.7 Å². The van der Waals surface area contributed by atoms with Crippen LogP contribution in [0.25, 0.3) is 0 Å². The third-order valence-electron chi connectivity index (χ3n) is 3.75. The van der Waals surface area contributed by atoms with Gasteiger partial charge in [0.05, 0.1) is 5.92 Å². The van der Waals surface area contributed by atoms with Crippen LogP contribution >= 0.6 is 12.4 Å². The first-order chi connectivity index (χ1) is 9.24. The highest BCUT2D eigenvalue weighted by atomic mass is 35.5. The Morgan fingerprint density at radius 2 is 2.05 bits per heavy atom. The highest BCUT2D eigenvalue weighted by Crippen LogP contribution is 2.31. The van der Waals surface area contributed by atoms with Gasteiger partial charge < -0.3 is 16.0 Å². The first-order valence-electron chi connectivity index (χ1n) is 6.61. The molecule has 3 rings (SSSR count). The van der Waals surface area contributed by atoms with Crippen LogP contribution in [0.15, 0.2) is 24.3 Å². The van der Waals surface area contributed by atoms with Gasteiger partial charge in [-0.2, -0.15) is 0 Å². The van der Waals surface area contributed by atoms with E-state index in [4.69, 9.17) is 0 Å². The van der Waals surface area contributed by atoms with Crippen molar-refractivity contribution in [3.63, 3.8) is 0 Å². The summed E-state index contributed by atoms with van der Waals surface area (Å²) in [5.74, 6) is 0.0213. The number of fused-ring (bicyclic) bond motifs is 1. The van der Waals surface area contributed by atoms with Crippen molar-refractivity contribution in [3.05, 3.63) is 29.8 Å². The number of rotatable bonds is 3. The first kappa shape index (κ1) is 14.8. The quantitative estimate of drug-likeness (QED) is 0.775. The molecule has 1 aromatic rings. The molecular weight excluding hydrogens is 278 g/mol. The third kappa shape index (κ3) is 2.94. The van der Waals surface area contributed by atoms with Gasteiger partial charge in [0.2, 0.25) is 11.8 Å². The predicted molar refractivity (Wildman–Crippen MR) is 79.0 cm³/mol. The molecule has 0 saturated carbocycles. The average Bonchev–Trinajstić information content (AvgIpc) is 2.35. The van der Waals surface area contributed by atoms with Crippen LogP contribution in [-0.4, -0.2) is 31.4 Å². The molecule has 0 spiro atoms. The zero-order valence-corrected chi connectivity index (χ0v) is 11.8. The molecule has 108 valence electrons. The second kappa shape index (κ2) is 6.24. The Morgan fingerprint density at radius 1 is 1.30 bits per heavy atom. The topological polar surface area (TPSA) is 70.2 Å². The molecule has 2 aliphatic rings. The molecule has 1 unspecified atom stereocenters. The number of para-hydroxylation sites is 1. The maximum Gasteiger partial charge on any atom is 0.228 e. The van der Waals surface area contributed by atoms with E-state index in [-0.39, 0.29) is 36.6 Å².